The van der Waals surface area contributed by atoms with Crippen molar-refractivity contribution < 1.29 is 39.8 Å². The van der Waals surface area contributed by atoms with E-state index in [1.54, 1.807) is 6.08 Å². The molecule has 0 aromatic rings. The average molecular weight is 742 g/mol. The molecule has 1 aliphatic heterocycles. The third-order valence-electron chi connectivity index (χ3n) is 10.6. The largest absolute Gasteiger partial charge is 0.394 e. The van der Waals surface area contributed by atoms with Gasteiger partial charge in [0, 0.05) is 6.42 Å². The Hall–Kier alpha value is -1.07. The SMILES string of the molecule is CCCCCCCCCCCCC/C=C/[C@@H](O)[C@H](CO[C@@H]1O[C@H](CO)[C@H](O)C(O)C1O)NC(=O)CCCCCCCCCCCCCCCCCC. The predicted octanol–water partition coefficient (Wildman–Crippen LogP) is 8.56. The molecule has 9 nitrogen and oxygen atoms in total. The molecule has 52 heavy (non-hydrogen) atoms. The van der Waals surface area contributed by atoms with Gasteiger partial charge < -0.3 is 40.3 Å². The zero-order valence-electron chi connectivity index (χ0n) is 33.6. The van der Waals surface area contributed by atoms with Crippen molar-refractivity contribution in [1.82, 2.24) is 5.32 Å². The molecule has 0 aromatic heterocycles. The number of carbonyl (C=O) groups is 1. The highest BCUT2D eigenvalue weighted by molar-refractivity contribution is 5.76. The summed E-state index contributed by atoms with van der Waals surface area (Å²) < 4.78 is 11.2. The molecular formula is C43H83NO8. The molecular weight excluding hydrogens is 658 g/mol. The van der Waals surface area contributed by atoms with Gasteiger partial charge in [0.1, 0.15) is 24.4 Å². The second kappa shape index (κ2) is 34.4. The summed E-state index contributed by atoms with van der Waals surface area (Å²) >= 11 is 0. The lowest BCUT2D eigenvalue weighted by Gasteiger charge is -2.40. The number of ether oxygens (including phenoxy) is 2. The van der Waals surface area contributed by atoms with Gasteiger partial charge in [0.25, 0.3) is 0 Å². The van der Waals surface area contributed by atoms with E-state index >= 15 is 0 Å². The molecule has 6 N–H and O–H groups in total. The Bertz CT molecular complexity index is 827. The Morgan fingerprint density at radius 1 is 0.635 bits per heavy atom. The van der Waals surface area contributed by atoms with Crippen molar-refractivity contribution in [1.29, 1.82) is 0 Å². The number of unbranched alkanes of at least 4 members (excludes halogenated alkanes) is 26. The van der Waals surface area contributed by atoms with Crippen LogP contribution in [0.15, 0.2) is 12.2 Å². The molecule has 0 spiro atoms. The number of nitrogens with one attached hydrogen (secondary N) is 1. The summed E-state index contributed by atoms with van der Waals surface area (Å²) in [6.45, 7) is 3.77. The van der Waals surface area contributed by atoms with Crippen molar-refractivity contribution in [3.05, 3.63) is 12.2 Å². The summed E-state index contributed by atoms with van der Waals surface area (Å²) in [7, 11) is 0. The number of aliphatic hydroxyl groups is 5. The predicted molar refractivity (Wildman–Crippen MR) is 212 cm³/mol. The molecule has 7 atom stereocenters. The minimum absolute atomic E-state index is 0.175. The highest BCUT2D eigenvalue weighted by Crippen LogP contribution is 2.22. The Morgan fingerprint density at radius 2 is 1.06 bits per heavy atom. The summed E-state index contributed by atoms with van der Waals surface area (Å²) in [6, 6.07) is -0.797. The molecule has 9 heteroatoms. The zero-order valence-corrected chi connectivity index (χ0v) is 33.6. The highest BCUT2D eigenvalue weighted by Gasteiger charge is 2.44. The molecule has 1 fully saturated rings. The monoisotopic (exact) mass is 742 g/mol. The first-order valence-electron chi connectivity index (χ1n) is 21.9. The van der Waals surface area contributed by atoms with Gasteiger partial charge in [0.15, 0.2) is 6.29 Å². The smallest absolute Gasteiger partial charge is 0.220 e. The first kappa shape index (κ1) is 48.9. The number of rotatable bonds is 36. The zero-order chi connectivity index (χ0) is 38.1. The number of carbonyl (C=O) groups excluding carboxylic acids is 1. The summed E-state index contributed by atoms with van der Waals surface area (Å²) in [5.41, 5.74) is 0. The van der Waals surface area contributed by atoms with E-state index in [0.29, 0.717) is 6.42 Å². The van der Waals surface area contributed by atoms with Gasteiger partial charge in [0.2, 0.25) is 5.91 Å². The van der Waals surface area contributed by atoms with Crippen molar-refractivity contribution >= 4 is 5.91 Å². The fourth-order valence-electron chi connectivity index (χ4n) is 7.04. The van der Waals surface area contributed by atoms with Crippen LogP contribution in [-0.4, -0.2) is 87.5 Å². The summed E-state index contributed by atoms with van der Waals surface area (Å²) in [4.78, 5) is 12.9. The van der Waals surface area contributed by atoms with Gasteiger partial charge in [-0.25, -0.2) is 0 Å². The molecule has 1 heterocycles. The van der Waals surface area contributed by atoms with E-state index in [-0.39, 0.29) is 12.5 Å². The minimum Gasteiger partial charge on any atom is -0.394 e. The summed E-state index contributed by atoms with van der Waals surface area (Å²) in [6.07, 6.45) is 31.0. The van der Waals surface area contributed by atoms with Crippen LogP contribution in [0.4, 0.5) is 0 Å². The fourth-order valence-corrected chi connectivity index (χ4v) is 7.04. The molecule has 1 amide bonds. The molecule has 2 unspecified atom stereocenters. The number of aliphatic hydroxyl groups excluding tert-OH is 5. The van der Waals surface area contributed by atoms with Crippen LogP contribution in [-0.2, 0) is 14.3 Å². The van der Waals surface area contributed by atoms with E-state index in [1.807, 2.05) is 6.08 Å². The van der Waals surface area contributed by atoms with Gasteiger partial charge >= 0.3 is 0 Å². The molecule has 0 saturated carbocycles. The summed E-state index contributed by atoms with van der Waals surface area (Å²) in [5, 5.41) is 54.1. The minimum atomic E-state index is -1.56. The molecule has 0 aromatic carbocycles. The molecule has 1 saturated heterocycles. The van der Waals surface area contributed by atoms with Crippen molar-refractivity contribution in [2.45, 2.75) is 243 Å². The van der Waals surface area contributed by atoms with Gasteiger partial charge in [-0.15, -0.1) is 0 Å². The molecule has 0 aliphatic carbocycles. The maximum absolute atomic E-state index is 12.9. The van der Waals surface area contributed by atoms with Gasteiger partial charge in [0.05, 0.1) is 25.4 Å². The van der Waals surface area contributed by atoms with E-state index in [1.165, 1.54) is 141 Å². The maximum atomic E-state index is 12.9. The summed E-state index contributed by atoms with van der Waals surface area (Å²) in [5.74, 6) is -0.175. The molecule has 0 bridgehead atoms. The first-order chi connectivity index (χ1) is 25.3. The number of allylic oxidation sites excluding steroid dienone is 1. The third-order valence-corrected chi connectivity index (χ3v) is 10.6. The highest BCUT2D eigenvalue weighted by atomic mass is 16.7. The lowest BCUT2D eigenvalue weighted by atomic mass is 9.99. The van der Waals surface area contributed by atoms with Crippen LogP contribution >= 0.6 is 0 Å². The number of amides is 1. The van der Waals surface area contributed by atoms with Crippen LogP contribution in [0.5, 0.6) is 0 Å². The second-order valence-electron chi connectivity index (χ2n) is 15.5. The first-order valence-corrected chi connectivity index (χ1v) is 21.9. The number of hydrogen-bond donors (Lipinski definition) is 6. The quantitative estimate of drug-likeness (QED) is 0.0277. The van der Waals surface area contributed by atoms with Gasteiger partial charge in [-0.3, -0.25) is 4.79 Å². The lowest BCUT2D eigenvalue weighted by Crippen LogP contribution is -2.60. The molecule has 308 valence electrons. The Balaban J connectivity index is 2.37. The van der Waals surface area contributed by atoms with Crippen molar-refractivity contribution in [3.63, 3.8) is 0 Å². The Kier molecular flexibility index (Phi) is 32.4. The number of hydrogen-bond acceptors (Lipinski definition) is 8. The standard InChI is InChI=1S/C43H83NO8/c1-3-5-7-9-11-13-15-17-18-19-21-23-25-27-29-31-33-39(47)44-36(35-51-43-42(50)41(49)40(48)38(34-45)52-43)37(46)32-30-28-26-24-22-20-16-14-12-10-8-6-4-2/h30,32,36-38,40-43,45-46,48-50H,3-29,31,33-35H2,1-2H3,(H,44,47)/b32-30+/t36-,37+,38+,40-,41?,42?,43+/m0/s1. The van der Waals surface area contributed by atoms with Crippen LogP contribution in [0.2, 0.25) is 0 Å². The van der Waals surface area contributed by atoms with E-state index in [9.17, 15) is 30.3 Å². The van der Waals surface area contributed by atoms with Gasteiger partial charge in [-0.05, 0) is 19.3 Å². The van der Waals surface area contributed by atoms with Gasteiger partial charge in [-0.2, -0.15) is 0 Å². The van der Waals surface area contributed by atoms with Crippen molar-refractivity contribution in [2.24, 2.45) is 0 Å². The average Bonchev–Trinajstić information content (AvgIpc) is 3.14. The Labute approximate surface area is 318 Å². The van der Waals surface area contributed by atoms with E-state index in [0.717, 1.165) is 38.5 Å². The second-order valence-corrected chi connectivity index (χ2v) is 15.5. The van der Waals surface area contributed by atoms with E-state index < -0.39 is 49.5 Å². The van der Waals surface area contributed by atoms with Crippen LogP contribution in [0, 0.1) is 0 Å². The van der Waals surface area contributed by atoms with Crippen LogP contribution in [0.3, 0.4) is 0 Å². The van der Waals surface area contributed by atoms with Crippen LogP contribution in [0.1, 0.15) is 200 Å². The molecule has 1 aliphatic rings. The van der Waals surface area contributed by atoms with Gasteiger partial charge in [-0.1, -0.05) is 187 Å². The topological polar surface area (TPSA) is 149 Å². The molecule has 0 radical (unpaired) electrons. The Morgan fingerprint density at radius 3 is 1.50 bits per heavy atom. The fraction of sp³-hybridized carbons (Fsp3) is 0.930. The molecule has 1 rings (SSSR count). The third kappa shape index (κ3) is 25.1. The normalized spacial score (nSPS) is 21.9. The van der Waals surface area contributed by atoms with Crippen LogP contribution in [0.25, 0.3) is 0 Å². The lowest BCUT2D eigenvalue weighted by molar-refractivity contribution is -0.302. The van der Waals surface area contributed by atoms with Crippen molar-refractivity contribution in [3.8, 4) is 0 Å². The van der Waals surface area contributed by atoms with E-state index in [2.05, 4.69) is 19.2 Å². The van der Waals surface area contributed by atoms with E-state index in [4.69, 9.17) is 9.47 Å². The van der Waals surface area contributed by atoms with Crippen LogP contribution < -0.4 is 5.32 Å². The van der Waals surface area contributed by atoms with Crippen molar-refractivity contribution in [2.75, 3.05) is 13.2 Å². The maximum Gasteiger partial charge on any atom is 0.220 e.